The van der Waals surface area contributed by atoms with Gasteiger partial charge in [-0.15, -0.1) is 0 Å². The minimum Gasteiger partial charge on any atom is -0.342 e. The minimum atomic E-state index is -0.648. The number of carbonyl (C=O) groups is 2. The van der Waals surface area contributed by atoms with Gasteiger partial charge in [0.15, 0.2) is 0 Å². The van der Waals surface area contributed by atoms with Gasteiger partial charge in [-0.1, -0.05) is 26.2 Å². The molecule has 0 aromatic rings. The molecule has 2 atom stereocenters. The fourth-order valence-corrected chi connectivity index (χ4v) is 3.88. The quantitative estimate of drug-likeness (QED) is 0.865. The normalized spacial score (nSPS) is 35.0. The van der Waals surface area contributed by atoms with Crippen LogP contribution in [-0.2, 0) is 9.59 Å². The van der Waals surface area contributed by atoms with Crippen molar-refractivity contribution < 1.29 is 9.59 Å². The number of piperazine rings is 1. The van der Waals surface area contributed by atoms with Gasteiger partial charge in [0.1, 0.15) is 11.6 Å². The van der Waals surface area contributed by atoms with Crippen molar-refractivity contribution in [3.8, 4) is 0 Å². The van der Waals surface area contributed by atoms with E-state index in [-0.39, 0.29) is 17.9 Å². The van der Waals surface area contributed by atoms with Gasteiger partial charge in [0.05, 0.1) is 0 Å². The lowest BCUT2D eigenvalue weighted by molar-refractivity contribution is -0.159. The van der Waals surface area contributed by atoms with Crippen LogP contribution in [0.25, 0.3) is 0 Å². The first-order valence-electron chi connectivity index (χ1n) is 8.68. The summed E-state index contributed by atoms with van der Waals surface area (Å²) in [7, 11) is 0. The predicted octanol–water partition coefficient (Wildman–Crippen LogP) is 2.47. The Morgan fingerprint density at radius 3 is 2.38 bits per heavy atom. The zero-order chi connectivity index (χ0) is 15.0. The molecule has 2 saturated carbocycles. The minimum absolute atomic E-state index is 0.0563. The van der Waals surface area contributed by atoms with Crippen molar-refractivity contribution in [2.45, 2.75) is 76.8 Å². The highest BCUT2D eigenvalue weighted by Gasteiger charge is 2.51. The van der Waals surface area contributed by atoms with Gasteiger partial charge in [-0.25, -0.2) is 0 Å². The first kappa shape index (κ1) is 14.9. The van der Waals surface area contributed by atoms with Crippen LogP contribution >= 0.6 is 0 Å². The summed E-state index contributed by atoms with van der Waals surface area (Å²) in [5.41, 5.74) is -0.648. The van der Waals surface area contributed by atoms with Gasteiger partial charge < -0.3 is 10.2 Å². The first-order chi connectivity index (χ1) is 10.1. The molecule has 0 radical (unpaired) electrons. The summed E-state index contributed by atoms with van der Waals surface area (Å²) < 4.78 is 0. The Bertz CT molecular complexity index is 427. The smallest absolute Gasteiger partial charge is 0.246 e. The molecule has 0 bridgehead atoms. The zero-order valence-corrected chi connectivity index (χ0v) is 13.4. The Hall–Kier alpha value is -1.06. The molecule has 3 fully saturated rings. The Kier molecular flexibility index (Phi) is 3.98. The predicted molar refractivity (Wildman–Crippen MR) is 81.6 cm³/mol. The van der Waals surface area contributed by atoms with Crippen LogP contribution in [0, 0.1) is 11.8 Å². The molecule has 3 aliphatic rings. The lowest BCUT2D eigenvalue weighted by atomic mass is 9.80. The summed E-state index contributed by atoms with van der Waals surface area (Å²) in [4.78, 5) is 27.6. The molecule has 1 heterocycles. The number of nitrogens with one attached hydrogen (secondary N) is 1. The molecule has 118 valence electrons. The molecule has 0 aromatic heterocycles. The largest absolute Gasteiger partial charge is 0.342 e. The van der Waals surface area contributed by atoms with Crippen LogP contribution in [0.15, 0.2) is 0 Å². The van der Waals surface area contributed by atoms with Crippen molar-refractivity contribution in [1.82, 2.24) is 10.2 Å². The van der Waals surface area contributed by atoms with Gasteiger partial charge in [0.2, 0.25) is 11.8 Å². The highest BCUT2D eigenvalue weighted by Crippen LogP contribution is 2.37. The Morgan fingerprint density at radius 1 is 1.14 bits per heavy atom. The fraction of sp³-hybridized carbons (Fsp3) is 0.882. The van der Waals surface area contributed by atoms with E-state index in [4.69, 9.17) is 0 Å². The van der Waals surface area contributed by atoms with Crippen molar-refractivity contribution in [2.75, 3.05) is 6.54 Å². The second-order valence-electron chi connectivity index (χ2n) is 7.37. The van der Waals surface area contributed by atoms with Crippen molar-refractivity contribution in [3.63, 3.8) is 0 Å². The van der Waals surface area contributed by atoms with Gasteiger partial charge in [0, 0.05) is 6.54 Å². The van der Waals surface area contributed by atoms with E-state index in [0.717, 1.165) is 19.4 Å². The van der Waals surface area contributed by atoms with Crippen molar-refractivity contribution in [2.24, 2.45) is 11.8 Å². The molecule has 3 rings (SSSR count). The summed E-state index contributed by atoms with van der Waals surface area (Å²) in [6, 6.07) is -0.267. The maximum atomic E-state index is 13.0. The summed E-state index contributed by atoms with van der Waals surface area (Å²) in [6.45, 7) is 4.72. The molecular formula is C17H28N2O2. The standard InChI is InChI=1S/C17H28N2O2/c1-3-17(2)16(21)18-14(13-7-5-4-6-8-13)15(20)19(17)11-12-9-10-12/h12-14H,3-11H2,1-2H3,(H,18,21). The molecule has 4 nitrogen and oxygen atoms in total. The molecular weight excluding hydrogens is 264 g/mol. The molecule has 0 spiro atoms. The number of amides is 2. The van der Waals surface area contributed by atoms with Gasteiger partial charge >= 0.3 is 0 Å². The number of nitrogens with zero attached hydrogens (tertiary/aromatic N) is 1. The Morgan fingerprint density at radius 2 is 1.81 bits per heavy atom. The fourth-order valence-electron chi connectivity index (χ4n) is 3.88. The third-order valence-corrected chi connectivity index (χ3v) is 5.85. The number of hydrogen-bond acceptors (Lipinski definition) is 2. The Balaban J connectivity index is 1.81. The summed E-state index contributed by atoms with van der Waals surface area (Å²) in [6.07, 6.45) is 8.92. The van der Waals surface area contributed by atoms with E-state index in [1.807, 2.05) is 18.7 Å². The summed E-state index contributed by atoms with van der Waals surface area (Å²) >= 11 is 0. The number of carbonyl (C=O) groups excluding carboxylic acids is 2. The molecule has 1 saturated heterocycles. The van der Waals surface area contributed by atoms with E-state index < -0.39 is 5.54 Å². The average molecular weight is 292 g/mol. The maximum Gasteiger partial charge on any atom is 0.246 e. The third-order valence-electron chi connectivity index (χ3n) is 5.85. The molecule has 1 aliphatic heterocycles. The van der Waals surface area contributed by atoms with E-state index in [1.165, 1.54) is 32.1 Å². The van der Waals surface area contributed by atoms with Gasteiger partial charge in [0.25, 0.3) is 0 Å². The third kappa shape index (κ3) is 2.69. The number of rotatable bonds is 4. The van der Waals surface area contributed by atoms with Gasteiger partial charge in [-0.3, -0.25) is 9.59 Å². The van der Waals surface area contributed by atoms with E-state index >= 15 is 0 Å². The molecule has 2 amide bonds. The molecule has 2 unspecified atom stereocenters. The van der Waals surface area contributed by atoms with Crippen molar-refractivity contribution in [1.29, 1.82) is 0 Å². The van der Waals surface area contributed by atoms with Crippen LogP contribution in [0.4, 0.5) is 0 Å². The molecule has 2 aliphatic carbocycles. The summed E-state index contributed by atoms with van der Waals surface area (Å²) in [5, 5.41) is 3.07. The van der Waals surface area contributed by atoms with E-state index in [1.54, 1.807) is 0 Å². The van der Waals surface area contributed by atoms with Crippen LogP contribution in [0.5, 0.6) is 0 Å². The second-order valence-corrected chi connectivity index (χ2v) is 7.37. The van der Waals surface area contributed by atoms with E-state index in [0.29, 0.717) is 18.3 Å². The lowest BCUT2D eigenvalue weighted by Gasteiger charge is -2.48. The van der Waals surface area contributed by atoms with Crippen LogP contribution in [0.3, 0.4) is 0 Å². The highest BCUT2D eigenvalue weighted by molar-refractivity contribution is 5.99. The molecule has 21 heavy (non-hydrogen) atoms. The summed E-state index contributed by atoms with van der Waals surface area (Å²) in [5.74, 6) is 1.20. The maximum absolute atomic E-state index is 13.0. The van der Waals surface area contributed by atoms with Crippen LogP contribution in [-0.4, -0.2) is 34.8 Å². The van der Waals surface area contributed by atoms with E-state index in [2.05, 4.69) is 5.32 Å². The van der Waals surface area contributed by atoms with Gasteiger partial charge in [-0.05, 0) is 50.9 Å². The average Bonchev–Trinajstić information content (AvgIpc) is 3.32. The lowest BCUT2D eigenvalue weighted by Crippen LogP contribution is -2.71. The monoisotopic (exact) mass is 292 g/mol. The molecule has 1 N–H and O–H groups in total. The van der Waals surface area contributed by atoms with Crippen LogP contribution in [0.2, 0.25) is 0 Å². The SMILES string of the molecule is CCC1(C)C(=O)NC(C2CCCCC2)C(=O)N1CC1CC1. The second kappa shape index (κ2) is 5.62. The van der Waals surface area contributed by atoms with Crippen molar-refractivity contribution >= 4 is 11.8 Å². The Labute approximate surface area is 127 Å². The molecule has 0 aromatic carbocycles. The number of hydrogen-bond donors (Lipinski definition) is 1. The van der Waals surface area contributed by atoms with Crippen LogP contribution in [0.1, 0.15) is 65.2 Å². The molecule has 4 heteroatoms. The first-order valence-corrected chi connectivity index (χ1v) is 8.68. The highest BCUT2D eigenvalue weighted by atomic mass is 16.2. The zero-order valence-electron chi connectivity index (χ0n) is 13.4. The van der Waals surface area contributed by atoms with E-state index in [9.17, 15) is 9.59 Å². The van der Waals surface area contributed by atoms with Gasteiger partial charge in [-0.2, -0.15) is 0 Å². The van der Waals surface area contributed by atoms with Crippen molar-refractivity contribution in [3.05, 3.63) is 0 Å². The van der Waals surface area contributed by atoms with Crippen LogP contribution < -0.4 is 5.32 Å². The topological polar surface area (TPSA) is 49.4 Å².